The van der Waals surface area contributed by atoms with Crippen LogP contribution in [0.1, 0.15) is 58.1 Å². The van der Waals surface area contributed by atoms with Crippen molar-refractivity contribution in [3.05, 3.63) is 94.5 Å². The maximum absolute atomic E-state index is 12.9. The second-order valence-corrected chi connectivity index (χ2v) is 17.6. The first-order chi connectivity index (χ1) is 29.2. The number of alkyl halides is 1. The average Bonchev–Trinajstić information content (AvgIpc) is 4.09. The molecule has 4 aliphatic rings. The summed E-state index contributed by atoms with van der Waals surface area (Å²) in [6.45, 7) is 7.64. The van der Waals surface area contributed by atoms with Gasteiger partial charge in [0.2, 0.25) is 11.8 Å². The Morgan fingerprint density at radius 1 is 0.677 bits per heavy atom. The highest BCUT2D eigenvalue weighted by atomic mass is 127. The van der Waals surface area contributed by atoms with Gasteiger partial charge in [-0.3, -0.25) is 19.4 Å². The van der Waals surface area contributed by atoms with Gasteiger partial charge in [-0.15, -0.1) is 0 Å². The van der Waals surface area contributed by atoms with Crippen LogP contribution >= 0.6 is 45.8 Å². The fourth-order valence-corrected chi connectivity index (χ4v) is 9.77. The Labute approximate surface area is 390 Å². The third-order valence-corrected chi connectivity index (χ3v) is 13.5. The highest BCUT2D eigenvalue weighted by molar-refractivity contribution is 14.1. The molecule has 2 unspecified atom stereocenters. The fourth-order valence-electron chi connectivity index (χ4n) is 9.37. The van der Waals surface area contributed by atoms with E-state index in [0.29, 0.717) is 47.1 Å². The van der Waals surface area contributed by atoms with E-state index in [1.54, 1.807) is 25.6 Å². The predicted octanol–water partition coefficient (Wildman–Crippen LogP) is 8.32. The molecule has 0 spiro atoms. The SMILES string of the molecule is C.CC(=O)N(C)c1cnn(C(=O)N2C[C@H]3CC(N(C)Cc4ccccc4Cl)C[C@H]3C2)c1.CC(=O)Nc1cnn(C(=O)N2C[C@H]3CC(N(C)Cc4ccccc4Cl)C[C@H]3C2)c1.CI. The first-order valence-electron chi connectivity index (χ1n) is 20.7. The molecule has 2 aromatic carbocycles. The Balaban J connectivity index is 0.000000222. The van der Waals surface area contributed by atoms with Crippen LogP contribution in [0.5, 0.6) is 0 Å². The first kappa shape index (κ1) is 49.0. The molecule has 336 valence electrons. The fraction of sp³-hybridized carbons (Fsp3) is 0.511. The van der Waals surface area contributed by atoms with Crippen LogP contribution in [-0.2, 0) is 22.7 Å². The molecule has 4 aromatic rings. The van der Waals surface area contributed by atoms with E-state index < -0.39 is 0 Å². The van der Waals surface area contributed by atoms with Gasteiger partial charge in [0.05, 0.1) is 36.2 Å². The number of aromatic nitrogens is 4. The maximum atomic E-state index is 12.9. The van der Waals surface area contributed by atoms with Gasteiger partial charge in [0, 0.05) is 82.3 Å². The van der Waals surface area contributed by atoms with Gasteiger partial charge in [-0.1, -0.05) is 89.6 Å². The van der Waals surface area contributed by atoms with E-state index >= 15 is 0 Å². The zero-order valence-electron chi connectivity index (χ0n) is 35.8. The number of amides is 4. The lowest BCUT2D eigenvalue weighted by Gasteiger charge is -2.26. The normalized spacial score (nSPS) is 22.2. The number of anilines is 2. The molecule has 2 aliphatic heterocycles. The monoisotopic (exact) mass is 1000 g/mol. The molecule has 4 fully saturated rings. The Morgan fingerprint density at radius 3 is 1.48 bits per heavy atom. The minimum absolute atomic E-state index is 0. The second kappa shape index (κ2) is 22.0. The van der Waals surface area contributed by atoms with E-state index in [2.05, 4.69) is 74.1 Å². The number of carbonyl (C=O) groups excluding carboxylic acids is 4. The number of likely N-dealkylation sites (tertiary alicyclic amines) is 2. The van der Waals surface area contributed by atoms with Crippen LogP contribution in [-0.4, -0.2) is 127 Å². The summed E-state index contributed by atoms with van der Waals surface area (Å²) in [5.74, 6) is 1.79. The second-order valence-electron chi connectivity index (χ2n) is 16.8. The molecule has 2 aromatic heterocycles. The van der Waals surface area contributed by atoms with Crippen LogP contribution < -0.4 is 10.2 Å². The lowest BCUT2D eigenvalue weighted by atomic mass is 10.0. The van der Waals surface area contributed by atoms with Crippen molar-refractivity contribution in [3.63, 3.8) is 0 Å². The molecule has 2 aliphatic carbocycles. The number of fused-ring (bicyclic) bond motifs is 2. The summed E-state index contributed by atoms with van der Waals surface area (Å²) >= 11 is 14.8. The minimum Gasteiger partial charge on any atom is -0.324 e. The van der Waals surface area contributed by atoms with Gasteiger partial charge >= 0.3 is 12.1 Å². The zero-order valence-corrected chi connectivity index (χ0v) is 39.4. The van der Waals surface area contributed by atoms with Gasteiger partial charge in [-0.05, 0) is 91.6 Å². The standard InChI is InChI=1S/C22H28ClN5O2.C21H26ClN5O2.CH3I.CH4/c1-15(29)26(3)20-10-24-28(14-20)22(30)27-12-17-8-19(9-18(17)13-27)25(2)11-16-6-4-5-7-21(16)23;1-14(28)24-18-9-23-27(13-18)21(29)26-11-16-7-19(8-17(16)12-26)25(2)10-15-5-3-4-6-20(15)22;1-2;/h4-7,10,14,17-19H,8-9,11-13H2,1-3H3;3-6,9,13,16-17,19H,7-8,10-12H2,1-2H3,(H,24,28);1H3;1H4/t17-,18+,19?;16-,17+,19?;;. The van der Waals surface area contributed by atoms with Crippen molar-refractivity contribution in [2.45, 2.75) is 72.1 Å². The summed E-state index contributed by atoms with van der Waals surface area (Å²) in [6.07, 6.45) is 10.6. The molecule has 2 saturated carbocycles. The van der Waals surface area contributed by atoms with Crippen LogP contribution in [0.3, 0.4) is 0 Å². The summed E-state index contributed by atoms with van der Waals surface area (Å²) < 4.78 is 2.66. The largest absolute Gasteiger partial charge is 0.344 e. The van der Waals surface area contributed by atoms with Crippen molar-refractivity contribution in [2.75, 3.05) is 62.5 Å². The topological polar surface area (TPSA) is 132 Å². The smallest absolute Gasteiger partial charge is 0.324 e. The van der Waals surface area contributed by atoms with Gasteiger partial charge in [0.25, 0.3) is 0 Å². The van der Waals surface area contributed by atoms with Crippen molar-refractivity contribution in [1.82, 2.24) is 39.2 Å². The average molecular weight is 1000 g/mol. The molecular weight excluding hydrogens is 942 g/mol. The molecule has 8 rings (SSSR count). The maximum Gasteiger partial charge on any atom is 0.344 e. The molecule has 0 bridgehead atoms. The highest BCUT2D eigenvalue weighted by Gasteiger charge is 2.45. The van der Waals surface area contributed by atoms with Crippen molar-refractivity contribution in [2.24, 2.45) is 23.7 Å². The van der Waals surface area contributed by atoms with E-state index in [1.807, 2.05) is 51.1 Å². The van der Waals surface area contributed by atoms with Crippen molar-refractivity contribution in [1.29, 1.82) is 0 Å². The number of hydrogen-bond donors (Lipinski definition) is 1. The van der Waals surface area contributed by atoms with Gasteiger partial charge < -0.3 is 20.0 Å². The minimum atomic E-state index is -0.181. The Bertz CT molecular complexity index is 2140. The van der Waals surface area contributed by atoms with Crippen LogP contribution in [0, 0.1) is 23.7 Å². The van der Waals surface area contributed by atoms with Crippen LogP contribution in [0.25, 0.3) is 0 Å². The summed E-state index contributed by atoms with van der Waals surface area (Å²) in [5.41, 5.74) is 3.46. The third kappa shape index (κ3) is 11.8. The molecule has 0 radical (unpaired) electrons. The van der Waals surface area contributed by atoms with Crippen molar-refractivity contribution >= 4 is 81.0 Å². The molecule has 62 heavy (non-hydrogen) atoms. The Kier molecular flexibility index (Phi) is 17.4. The zero-order chi connectivity index (χ0) is 44.0. The number of carbonyl (C=O) groups is 4. The van der Waals surface area contributed by atoms with Gasteiger partial charge in [-0.2, -0.15) is 19.6 Å². The van der Waals surface area contributed by atoms with Crippen LogP contribution in [0.2, 0.25) is 10.0 Å². The molecule has 2 saturated heterocycles. The van der Waals surface area contributed by atoms with E-state index in [-0.39, 0.29) is 31.3 Å². The number of halogens is 3. The van der Waals surface area contributed by atoms with E-state index in [0.717, 1.165) is 86.1 Å². The molecule has 1 N–H and O–H groups in total. The number of benzene rings is 2. The summed E-state index contributed by atoms with van der Waals surface area (Å²) in [4.78, 5) is 60.3. The van der Waals surface area contributed by atoms with E-state index in [4.69, 9.17) is 23.2 Å². The predicted molar refractivity (Wildman–Crippen MR) is 255 cm³/mol. The quantitative estimate of drug-likeness (QED) is 0.138. The molecular formula is C45H61Cl2IN10O4. The van der Waals surface area contributed by atoms with Crippen LogP contribution in [0.15, 0.2) is 73.3 Å². The number of rotatable bonds is 8. The van der Waals surface area contributed by atoms with E-state index in [9.17, 15) is 19.2 Å². The van der Waals surface area contributed by atoms with E-state index in [1.165, 1.54) is 34.3 Å². The lowest BCUT2D eigenvalue weighted by Crippen LogP contribution is -2.36. The van der Waals surface area contributed by atoms with Crippen molar-refractivity contribution in [3.8, 4) is 0 Å². The van der Waals surface area contributed by atoms with Gasteiger partial charge in [0.1, 0.15) is 0 Å². The highest BCUT2D eigenvalue weighted by Crippen LogP contribution is 2.42. The summed E-state index contributed by atoms with van der Waals surface area (Å²) in [7, 11) is 5.99. The number of nitrogens with one attached hydrogen (secondary N) is 1. The first-order valence-corrected chi connectivity index (χ1v) is 23.6. The Hall–Kier alpha value is -4.03. The number of nitrogens with zero attached hydrogens (tertiary/aromatic N) is 9. The Morgan fingerprint density at radius 2 is 1.08 bits per heavy atom. The van der Waals surface area contributed by atoms with Gasteiger partial charge in [0.15, 0.2) is 0 Å². The summed E-state index contributed by atoms with van der Waals surface area (Å²) in [6, 6.07) is 16.8. The summed E-state index contributed by atoms with van der Waals surface area (Å²) in [5, 5.41) is 12.5. The van der Waals surface area contributed by atoms with Crippen molar-refractivity contribution < 1.29 is 19.2 Å². The molecule has 14 nitrogen and oxygen atoms in total. The molecule has 6 atom stereocenters. The molecule has 17 heteroatoms. The molecule has 4 amide bonds. The third-order valence-electron chi connectivity index (χ3n) is 12.7. The molecule has 4 heterocycles. The lowest BCUT2D eigenvalue weighted by molar-refractivity contribution is -0.116. The van der Waals surface area contributed by atoms with Gasteiger partial charge in [-0.25, -0.2) is 9.59 Å². The van der Waals surface area contributed by atoms with Crippen LogP contribution in [0.4, 0.5) is 21.0 Å². The number of hydrogen-bond acceptors (Lipinski definition) is 8.